The molecule has 0 atom stereocenters. The first-order valence-electron chi connectivity index (χ1n) is 5.47. The molecule has 0 fully saturated rings. The molecular formula is C12H14BrNO3. The summed E-state index contributed by atoms with van der Waals surface area (Å²) in [7, 11) is 0. The molecule has 1 aliphatic rings. The molecule has 0 unspecified atom stereocenters. The molecule has 0 amide bonds. The molecule has 0 radical (unpaired) electrons. The molecule has 92 valence electrons. The van der Waals surface area contributed by atoms with Gasteiger partial charge < -0.3 is 15.2 Å². The zero-order valence-electron chi connectivity index (χ0n) is 9.59. The van der Waals surface area contributed by atoms with E-state index in [2.05, 4.69) is 15.9 Å². The molecule has 2 N–H and O–H groups in total. The van der Waals surface area contributed by atoms with Crippen molar-refractivity contribution in [1.82, 2.24) is 0 Å². The number of Topliss-reactive ketones (excluding diaryl/α,β-unsaturated/α-hetero) is 1. The van der Waals surface area contributed by atoms with Gasteiger partial charge in [-0.3, -0.25) is 4.79 Å². The summed E-state index contributed by atoms with van der Waals surface area (Å²) < 4.78 is 11.9. The molecule has 0 bridgehead atoms. The third-order valence-corrected chi connectivity index (χ3v) is 3.50. The minimum absolute atomic E-state index is 0.00644. The van der Waals surface area contributed by atoms with Crippen molar-refractivity contribution in [3.63, 3.8) is 0 Å². The van der Waals surface area contributed by atoms with Gasteiger partial charge >= 0.3 is 0 Å². The molecule has 1 aromatic rings. The standard InChI is InChI=1S/C12H14BrNO3/c1-7-8(13)6-10-12(17-5-4-16-10)11(7)9(15)2-3-14/h6H,2-5,14H2,1H3. The minimum atomic E-state index is -0.00644. The van der Waals surface area contributed by atoms with E-state index in [4.69, 9.17) is 15.2 Å². The number of rotatable bonds is 3. The summed E-state index contributed by atoms with van der Waals surface area (Å²) in [6, 6.07) is 1.84. The second-order valence-electron chi connectivity index (χ2n) is 3.84. The summed E-state index contributed by atoms with van der Waals surface area (Å²) in [5.41, 5.74) is 6.88. The van der Waals surface area contributed by atoms with Crippen LogP contribution in [0.5, 0.6) is 11.5 Å². The van der Waals surface area contributed by atoms with Crippen LogP contribution in [0.4, 0.5) is 0 Å². The Morgan fingerprint density at radius 1 is 1.47 bits per heavy atom. The van der Waals surface area contributed by atoms with Gasteiger partial charge in [0.25, 0.3) is 0 Å². The Morgan fingerprint density at radius 3 is 2.88 bits per heavy atom. The maximum Gasteiger partial charge on any atom is 0.172 e. The molecule has 0 saturated carbocycles. The van der Waals surface area contributed by atoms with Crippen LogP contribution in [0.1, 0.15) is 22.3 Å². The lowest BCUT2D eigenvalue weighted by molar-refractivity contribution is 0.0973. The summed E-state index contributed by atoms with van der Waals surface area (Å²) in [4.78, 5) is 12.1. The largest absolute Gasteiger partial charge is 0.486 e. The van der Waals surface area contributed by atoms with Gasteiger partial charge in [-0.2, -0.15) is 0 Å². The molecule has 0 spiro atoms. The first-order valence-corrected chi connectivity index (χ1v) is 6.26. The van der Waals surface area contributed by atoms with E-state index < -0.39 is 0 Å². The van der Waals surface area contributed by atoms with Gasteiger partial charge in [-0.15, -0.1) is 0 Å². The average molecular weight is 300 g/mol. The highest BCUT2D eigenvalue weighted by atomic mass is 79.9. The Labute approximate surface area is 108 Å². The number of carbonyl (C=O) groups is 1. The summed E-state index contributed by atoms with van der Waals surface area (Å²) in [6.45, 7) is 3.19. The van der Waals surface area contributed by atoms with Gasteiger partial charge in [-0.05, 0) is 25.1 Å². The Kier molecular flexibility index (Phi) is 3.69. The molecule has 0 aromatic heterocycles. The van der Waals surface area contributed by atoms with E-state index in [1.54, 1.807) is 0 Å². The zero-order valence-corrected chi connectivity index (χ0v) is 11.2. The van der Waals surface area contributed by atoms with Crippen LogP contribution in [0.25, 0.3) is 0 Å². The van der Waals surface area contributed by atoms with Gasteiger partial charge in [0.05, 0.1) is 5.56 Å². The van der Waals surface area contributed by atoms with Crippen LogP contribution < -0.4 is 15.2 Å². The summed E-state index contributed by atoms with van der Waals surface area (Å²) in [5.74, 6) is 1.16. The number of benzene rings is 1. The first-order chi connectivity index (χ1) is 8.15. The monoisotopic (exact) mass is 299 g/mol. The number of ether oxygens (including phenoxy) is 2. The van der Waals surface area contributed by atoms with Crippen LogP contribution in [0.3, 0.4) is 0 Å². The second-order valence-corrected chi connectivity index (χ2v) is 4.70. The Balaban J connectivity index is 2.54. The predicted molar refractivity (Wildman–Crippen MR) is 67.9 cm³/mol. The fourth-order valence-electron chi connectivity index (χ4n) is 1.84. The quantitative estimate of drug-likeness (QED) is 0.868. The maximum atomic E-state index is 12.1. The molecule has 0 aliphatic carbocycles. The van der Waals surface area contributed by atoms with E-state index in [0.717, 1.165) is 10.0 Å². The van der Waals surface area contributed by atoms with Crippen molar-refractivity contribution in [3.8, 4) is 11.5 Å². The van der Waals surface area contributed by atoms with Crippen LogP contribution in [0.2, 0.25) is 0 Å². The van der Waals surface area contributed by atoms with E-state index in [1.165, 1.54) is 0 Å². The highest BCUT2D eigenvalue weighted by molar-refractivity contribution is 9.10. The van der Waals surface area contributed by atoms with E-state index in [1.807, 2.05) is 13.0 Å². The number of fused-ring (bicyclic) bond motifs is 1. The second kappa shape index (κ2) is 5.06. The predicted octanol–water partition coefficient (Wildman–Crippen LogP) is 2.06. The van der Waals surface area contributed by atoms with Crippen molar-refractivity contribution in [2.45, 2.75) is 13.3 Å². The lowest BCUT2D eigenvalue weighted by Gasteiger charge is -2.22. The molecule has 4 nitrogen and oxygen atoms in total. The highest BCUT2D eigenvalue weighted by Gasteiger charge is 2.24. The SMILES string of the molecule is Cc1c(Br)cc2c(c1C(=O)CCN)OCCO2. The third kappa shape index (κ3) is 2.30. The molecule has 1 heterocycles. The van der Waals surface area contributed by atoms with E-state index in [0.29, 0.717) is 43.2 Å². The Bertz CT molecular complexity index is 460. The van der Waals surface area contributed by atoms with Gasteiger partial charge in [-0.1, -0.05) is 15.9 Å². The molecule has 1 aromatic carbocycles. The summed E-state index contributed by atoms with van der Waals surface area (Å²) >= 11 is 3.43. The number of nitrogens with two attached hydrogens (primary N) is 1. The zero-order chi connectivity index (χ0) is 12.4. The van der Waals surface area contributed by atoms with Crippen LogP contribution >= 0.6 is 15.9 Å². The Morgan fingerprint density at radius 2 is 2.18 bits per heavy atom. The molecular weight excluding hydrogens is 286 g/mol. The molecule has 5 heteroatoms. The van der Waals surface area contributed by atoms with Crippen LogP contribution in [-0.2, 0) is 0 Å². The van der Waals surface area contributed by atoms with Crippen LogP contribution in [0, 0.1) is 6.92 Å². The van der Waals surface area contributed by atoms with Crippen molar-refractivity contribution in [2.75, 3.05) is 19.8 Å². The van der Waals surface area contributed by atoms with Gasteiger partial charge in [0.15, 0.2) is 17.3 Å². The van der Waals surface area contributed by atoms with Crippen molar-refractivity contribution >= 4 is 21.7 Å². The lowest BCUT2D eigenvalue weighted by atomic mass is 10.0. The van der Waals surface area contributed by atoms with Gasteiger partial charge in [-0.25, -0.2) is 0 Å². The molecule has 2 rings (SSSR count). The molecule has 1 aliphatic heterocycles. The Hall–Kier alpha value is -1.07. The molecule has 17 heavy (non-hydrogen) atoms. The van der Waals surface area contributed by atoms with Crippen LogP contribution in [-0.4, -0.2) is 25.5 Å². The van der Waals surface area contributed by atoms with Crippen molar-refractivity contribution < 1.29 is 14.3 Å². The number of hydrogen-bond donors (Lipinski definition) is 1. The van der Waals surface area contributed by atoms with E-state index in [9.17, 15) is 4.79 Å². The number of ketones is 1. The summed E-state index contributed by atoms with van der Waals surface area (Å²) in [6.07, 6.45) is 0.313. The maximum absolute atomic E-state index is 12.1. The summed E-state index contributed by atoms with van der Waals surface area (Å²) in [5, 5.41) is 0. The topological polar surface area (TPSA) is 61.6 Å². The van der Waals surface area contributed by atoms with E-state index >= 15 is 0 Å². The highest BCUT2D eigenvalue weighted by Crippen LogP contribution is 2.40. The smallest absolute Gasteiger partial charge is 0.172 e. The number of carbonyl (C=O) groups excluding carboxylic acids is 1. The average Bonchev–Trinajstić information content (AvgIpc) is 2.31. The first kappa shape index (κ1) is 12.4. The van der Waals surface area contributed by atoms with Gasteiger partial charge in [0, 0.05) is 10.9 Å². The van der Waals surface area contributed by atoms with E-state index in [-0.39, 0.29) is 5.78 Å². The number of halogens is 1. The third-order valence-electron chi connectivity index (χ3n) is 2.68. The fraction of sp³-hybridized carbons (Fsp3) is 0.417. The van der Waals surface area contributed by atoms with Crippen molar-refractivity contribution in [3.05, 3.63) is 21.7 Å². The number of hydrogen-bond acceptors (Lipinski definition) is 4. The normalized spacial score (nSPS) is 13.6. The lowest BCUT2D eigenvalue weighted by Crippen LogP contribution is -2.19. The van der Waals surface area contributed by atoms with Crippen LogP contribution in [0.15, 0.2) is 10.5 Å². The minimum Gasteiger partial charge on any atom is -0.486 e. The van der Waals surface area contributed by atoms with Crippen molar-refractivity contribution in [1.29, 1.82) is 0 Å². The molecule has 0 saturated heterocycles. The van der Waals surface area contributed by atoms with Gasteiger partial charge in [0.1, 0.15) is 13.2 Å². The van der Waals surface area contributed by atoms with Crippen molar-refractivity contribution in [2.24, 2.45) is 5.73 Å². The van der Waals surface area contributed by atoms with Gasteiger partial charge in [0.2, 0.25) is 0 Å². The fourth-order valence-corrected chi connectivity index (χ4v) is 2.25.